The standard InChI is InChI=1S/C20H15ClF3N3O4/c21-11-5-10(6-12(22)7-11)9-25-16(28)19(31)3-4-27(18(19)30)13-1-2-15-14(8-13)20(23,24)17(29)26-15/h1-2,5-8,31H,3-4,9H2,(H,25,28)(H,26,29)/t19-/m0/s1. The van der Waals surface area contributed by atoms with Gasteiger partial charge in [0.15, 0.2) is 0 Å². The molecular weight excluding hydrogens is 439 g/mol. The van der Waals surface area contributed by atoms with Crippen molar-refractivity contribution in [3.63, 3.8) is 0 Å². The zero-order valence-electron chi connectivity index (χ0n) is 15.7. The molecular formula is C20H15ClF3N3O4. The summed E-state index contributed by atoms with van der Waals surface area (Å²) in [5.74, 6) is -7.85. The number of hydrogen-bond donors (Lipinski definition) is 3. The number of rotatable bonds is 4. The first-order valence-corrected chi connectivity index (χ1v) is 9.51. The number of carbonyl (C=O) groups excluding carboxylic acids is 3. The number of amides is 3. The van der Waals surface area contributed by atoms with Crippen molar-refractivity contribution in [2.24, 2.45) is 0 Å². The normalized spacial score (nSPS) is 21.8. The molecule has 31 heavy (non-hydrogen) atoms. The molecule has 4 rings (SSSR count). The van der Waals surface area contributed by atoms with Gasteiger partial charge in [0.1, 0.15) is 5.82 Å². The topological polar surface area (TPSA) is 98.7 Å². The number of hydrogen-bond acceptors (Lipinski definition) is 4. The highest BCUT2D eigenvalue weighted by Gasteiger charge is 2.53. The van der Waals surface area contributed by atoms with Crippen molar-refractivity contribution in [3.05, 3.63) is 58.4 Å². The molecule has 2 aromatic rings. The largest absolute Gasteiger partial charge is 0.372 e. The average molecular weight is 454 g/mol. The third-order valence-electron chi connectivity index (χ3n) is 5.23. The Morgan fingerprint density at radius 2 is 1.97 bits per heavy atom. The molecule has 0 bridgehead atoms. The third-order valence-corrected chi connectivity index (χ3v) is 5.45. The molecule has 0 aromatic heterocycles. The SMILES string of the molecule is O=C1Nc2ccc(N3CC[C@](O)(C(=O)NCc4cc(F)cc(Cl)c4)C3=O)cc2C1(F)F. The van der Waals surface area contributed by atoms with Crippen molar-refractivity contribution in [2.75, 3.05) is 16.8 Å². The van der Waals surface area contributed by atoms with E-state index in [1.807, 2.05) is 5.32 Å². The van der Waals surface area contributed by atoms with Crippen LogP contribution in [0.3, 0.4) is 0 Å². The number of carbonyl (C=O) groups is 3. The van der Waals surface area contributed by atoms with Crippen LogP contribution in [-0.2, 0) is 26.9 Å². The monoisotopic (exact) mass is 453 g/mol. The van der Waals surface area contributed by atoms with E-state index >= 15 is 0 Å². The molecule has 11 heteroatoms. The molecule has 2 aromatic carbocycles. The third kappa shape index (κ3) is 3.51. The molecule has 7 nitrogen and oxygen atoms in total. The van der Waals surface area contributed by atoms with Crippen molar-refractivity contribution in [1.29, 1.82) is 0 Å². The zero-order valence-corrected chi connectivity index (χ0v) is 16.5. The van der Waals surface area contributed by atoms with Gasteiger partial charge in [-0.3, -0.25) is 14.4 Å². The number of anilines is 2. The lowest BCUT2D eigenvalue weighted by molar-refractivity contribution is -0.149. The predicted octanol–water partition coefficient (Wildman–Crippen LogP) is 2.31. The summed E-state index contributed by atoms with van der Waals surface area (Å²) in [4.78, 5) is 37.7. The summed E-state index contributed by atoms with van der Waals surface area (Å²) < 4.78 is 41.5. The number of nitrogens with zero attached hydrogens (tertiary/aromatic N) is 1. The highest BCUT2D eigenvalue weighted by Crippen LogP contribution is 2.43. The van der Waals surface area contributed by atoms with E-state index in [0.717, 1.165) is 23.1 Å². The molecule has 2 aliphatic heterocycles. The predicted molar refractivity (Wildman–Crippen MR) is 104 cm³/mol. The number of benzene rings is 2. The Bertz CT molecular complexity index is 1110. The van der Waals surface area contributed by atoms with Gasteiger partial charge in [-0.15, -0.1) is 0 Å². The number of halogens is 4. The van der Waals surface area contributed by atoms with Gasteiger partial charge >= 0.3 is 5.92 Å². The molecule has 1 saturated heterocycles. The first-order valence-electron chi connectivity index (χ1n) is 9.14. The fourth-order valence-electron chi connectivity index (χ4n) is 3.60. The number of nitrogens with one attached hydrogen (secondary N) is 2. The van der Waals surface area contributed by atoms with Crippen molar-refractivity contribution in [1.82, 2.24) is 5.32 Å². The maximum Gasteiger partial charge on any atom is 0.352 e. The minimum absolute atomic E-state index is 0.0144. The van der Waals surface area contributed by atoms with E-state index in [2.05, 4.69) is 5.32 Å². The Morgan fingerprint density at radius 3 is 2.68 bits per heavy atom. The van der Waals surface area contributed by atoms with E-state index in [4.69, 9.17) is 11.6 Å². The zero-order chi connectivity index (χ0) is 22.6. The molecule has 0 radical (unpaired) electrons. The molecule has 2 heterocycles. The minimum atomic E-state index is -3.76. The summed E-state index contributed by atoms with van der Waals surface area (Å²) >= 11 is 5.76. The van der Waals surface area contributed by atoms with Crippen LogP contribution in [-0.4, -0.2) is 35.0 Å². The number of fused-ring (bicyclic) bond motifs is 1. The first-order chi connectivity index (χ1) is 14.5. The Kier molecular flexibility index (Phi) is 4.94. The lowest BCUT2D eigenvalue weighted by Gasteiger charge is -2.22. The highest BCUT2D eigenvalue weighted by molar-refractivity contribution is 6.30. The van der Waals surface area contributed by atoms with Crippen LogP contribution < -0.4 is 15.5 Å². The minimum Gasteiger partial charge on any atom is -0.372 e. The van der Waals surface area contributed by atoms with Gasteiger partial charge in [0, 0.05) is 30.2 Å². The first kappa shape index (κ1) is 21.1. The molecule has 1 atom stereocenters. The van der Waals surface area contributed by atoms with Gasteiger partial charge in [-0.1, -0.05) is 11.6 Å². The number of aliphatic hydroxyl groups is 1. The second-order valence-electron chi connectivity index (χ2n) is 7.29. The molecule has 0 spiro atoms. The van der Waals surface area contributed by atoms with E-state index in [1.54, 1.807) is 0 Å². The molecule has 3 N–H and O–H groups in total. The van der Waals surface area contributed by atoms with E-state index < -0.39 is 40.6 Å². The fraction of sp³-hybridized carbons (Fsp3) is 0.250. The Morgan fingerprint density at radius 1 is 1.23 bits per heavy atom. The maximum atomic E-state index is 14.0. The Labute approximate surface area is 178 Å². The Hall–Kier alpha value is -3.11. The summed E-state index contributed by atoms with van der Waals surface area (Å²) in [7, 11) is 0. The van der Waals surface area contributed by atoms with Crippen molar-refractivity contribution >= 4 is 40.7 Å². The van der Waals surface area contributed by atoms with Gasteiger partial charge in [-0.25, -0.2) is 4.39 Å². The van der Waals surface area contributed by atoms with Crippen LogP contribution in [0.4, 0.5) is 24.5 Å². The van der Waals surface area contributed by atoms with Gasteiger partial charge < -0.3 is 20.6 Å². The van der Waals surface area contributed by atoms with E-state index in [-0.39, 0.29) is 35.9 Å². The molecule has 0 unspecified atom stereocenters. The molecule has 1 fully saturated rings. The lowest BCUT2D eigenvalue weighted by Crippen LogP contribution is -2.52. The van der Waals surface area contributed by atoms with Gasteiger partial charge in [0.05, 0.1) is 11.3 Å². The van der Waals surface area contributed by atoms with Gasteiger partial charge in [-0.05, 0) is 42.0 Å². The van der Waals surface area contributed by atoms with Gasteiger partial charge in [0.2, 0.25) is 5.60 Å². The molecule has 0 aliphatic carbocycles. The van der Waals surface area contributed by atoms with Crippen molar-refractivity contribution in [3.8, 4) is 0 Å². The maximum absolute atomic E-state index is 14.0. The second kappa shape index (κ2) is 7.24. The summed E-state index contributed by atoms with van der Waals surface area (Å²) in [6.45, 7) is -0.301. The quantitative estimate of drug-likeness (QED) is 0.619. The van der Waals surface area contributed by atoms with Crippen molar-refractivity contribution < 1.29 is 32.7 Å². The lowest BCUT2D eigenvalue weighted by atomic mass is 10.0. The summed E-state index contributed by atoms with van der Waals surface area (Å²) in [6, 6.07) is 7.17. The van der Waals surface area contributed by atoms with Crippen molar-refractivity contribution in [2.45, 2.75) is 24.5 Å². The van der Waals surface area contributed by atoms with E-state index in [0.29, 0.717) is 5.56 Å². The van der Waals surface area contributed by atoms with Gasteiger partial charge in [0.25, 0.3) is 17.7 Å². The molecule has 3 amide bonds. The van der Waals surface area contributed by atoms with Crippen LogP contribution in [0.25, 0.3) is 0 Å². The molecule has 162 valence electrons. The van der Waals surface area contributed by atoms with Crippen LogP contribution in [0.1, 0.15) is 17.5 Å². The van der Waals surface area contributed by atoms with Crippen LogP contribution in [0.2, 0.25) is 5.02 Å². The second-order valence-corrected chi connectivity index (χ2v) is 7.72. The van der Waals surface area contributed by atoms with Crippen LogP contribution in [0, 0.1) is 5.82 Å². The summed E-state index contributed by atoms with van der Waals surface area (Å²) in [5, 5.41) is 15.2. The molecule has 0 saturated carbocycles. The van der Waals surface area contributed by atoms with Crippen LogP contribution in [0.5, 0.6) is 0 Å². The van der Waals surface area contributed by atoms with Gasteiger partial charge in [-0.2, -0.15) is 8.78 Å². The Balaban J connectivity index is 1.51. The van der Waals surface area contributed by atoms with E-state index in [9.17, 15) is 32.7 Å². The fourth-order valence-corrected chi connectivity index (χ4v) is 3.84. The summed E-state index contributed by atoms with van der Waals surface area (Å²) in [5.41, 5.74) is -2.76. The average Bonchev–Trinajstić information content (AvgIpc) is 3.13. The van der Waals surface area contributed by atoms with Crippen LogP contribution in [0.15, 0.2) is 36.4 Å². The van der Waals surface area contributed by atoms with Crippen LogP contribution >= 0.6 is 11.6 Å². The number of alkyl halides is 2. The summed E-state index contributed by atoms with van der Waals surface area (Å²) in [6.07, 6.45) is -0.285. The highest BCUT2D eigenvalue weighted by atomic mass is 35.5. The smallest absolute Gasteiger partial charge is 0.352 e. The molecule has 2 aliphatic rings. The van der Waals surface area contributed by atoms with E-state index in [1.165, 1.54) is 18.2 Å².